The SMILES string of the molecule is Cc1cn(-c2ccn(COCC[Si](C)(C)C)n2)c2nc(N3CCOC[C@H]3C)cc(C(C)(C)C#N)c12. The number of pyridine rings is 1. The van der Waals surface area contributed by atoms with Gasteiger partial charge in [0.1, 0.15) is 18.2 Å². The van der Waals surface area contributed by atoms with Crippen LogP contribution in [0.3, 0.4) is 0 Å². The van der Waals surface area contributed by atoms with Gasteiger partial charge in [0.15, 0.2) is 5.82 Å². The number of fused-ring (bicyclic) bond motifs is 1. The summed E-state index contributed by atoms with van der Waals surface area (Å²) in [6.07, 6.45) is 4.01. The quantitative estimate of drug-likeness (QED) is 0.328. The van der Waals surface area contributed by atoms with Gasteiger partial charge in [-0.15, -0.1) is 0 Å². The van der Waals surface area contributed by atoms with E-state index in [9.17, 15) is 5.26 Å². The van der Waals surface area contributed by atoms with E-state index < -0.39 is 13.5 Å². The highest BCUT2D eigenvalue weighted by molar-refractivity contribution is 6.76. The standard InChI is InChI=1S/C26H38N6O2Si/c1-19-15-32(22-8-9-30(29-22)18-34-12-13-35(5,6)7)25-24(19)21(26(3,4)17-27)14-23(28-25)31-10-11-33-16-20(31)2/h8-9,14-15,20H,10-13,16,18H2,1-7H3/t20-/m1/s1. The molecule has 1 fully saturated rings. The van der Waals surface area contributed by atoms with E-state index in [2.05, 4.69) is 56.7 Å². The molecule has 0 bridgehead atoms. The van der Waals surface area contributed by atoms with Gasteiger partial charge in [0, 0.05) is 45.1 Å². The van der Waals surface area contributed by atoms with Crippen LogP contribution in [0.4, 0.5) is 5.82 Å². The van der Waals surface area contributed by atoms with Crippen molar-refractivity contribution in [2.45, 2.75) is 71.6 Å². The van der Waals surface area contributed by atoms with E-state index in [0.29, 0.717) is 19.9 Å². The van der Waals surface area contributed by atoms with Gasteiger partial charge in [-0.1, -0.05) is 19.6 Å². The third-order valence-corrected chi connectivity index (χ3v) is 8.34. The van der Waals surface area contributed by atoms with E-state index in [1.807, 2.05) is 35.4 Å². The van der Waals surface area contributed by atoms with Gasteiger partial charge < -0.3 is 14.4 Å². The highest BCUT2D eigenvalue weighted by atomic mass is 28.3. The number of hydrogen-bond donors (Lipinski definition) is 0. The van der Waals surface area contributed by atoms with Crippen LogP contribution < -0.4 is 4.90 Å². The fourth-order valence-corrected chi connectivity index (χ4v) is 5.19. The maximum Gasteiger partial charge on any atom is 0.160 e. The monoisotopic (exact) mass is 494 g/mol. The molecule has 3 aromatic heterocycles. The summed E-state index contributed by atoms with van der Waals surface area (Å²) >= 11 is 0. The molecule has 35 heavy (non-hydrogen) atoms. The smallest absolute Gasteiger partial charge is 0.160 e. The Labute approximate surface area is 209 Å². The van der Waals surface area contributed by atoms with E-state index in [1.165, 1.54) is 0 Å². The molecule has 1 atom stereocenters. The topological polar surface area (TPSA) is 81.1 Å². The predicted octanol–water partition coefficient (Wildman–Crippen LogP) is 4.87. The first kappa shape index (κ1) is 25.4. The Hall–Kier alpha value is -2.67. The molecule has 0 N–H and O–H groups in total. The Balaban J connectivity index is 1.73. The van der Waals surface area contributed by atoms with Crippen LogP contribution in [0, 0.1) is 18.3 Å². The van der Waals surface area contributed by atoms with Crippen molar-refractivity contribution < 1.29 is 9.47 Å². The second kappa shape index (κ2) is 9.76. The second-order valence-corrected chi connectivity index (χ2v) is 16.9. The van der Waals surface area contributed by atoms with Gasteiger partial charge in [-0.05, 0) is 50.9 Å². The van der Waals surface area contributed by atoms with Crippen LogP contribution in [0.2, 0.25) is 25.7 Å². The van der Waals surface area contributed by atoms with Crippen molar-refractivity contribution in [1.29, 1.82) is 5.26 Å². The fourth-order valence-electron chi connectivity index (χ4n) is 4.43. The number of aromatic nitrogens is 4. The van der Waals surface area contributed by atoms with E-state index in [4.69, 9.17) is 19.6 Å². The maximum atomic E-state index is 9.99. The number of nitrogens with zero attached hydrogens (tertiary/aromatic N) is 6. The van der Waals surface area contributed by atoms with Crippen molar-refractivity contribution in [3.05, 3.63) is 35.7 Å². The first-order valence-electron chi connectivity index (χ1n) is 12.4. The number of hydrogen-bond acceptors (Lipinski definition) is 6. The molecule has 1 aliphatic rings. The van der Waals surface area contributed by atoms with E-state index in [1.54, 1.807) is 0 Å². The number of aryl methyl sites for hydroxylation is 1. The van der Waals surface area contributed by atoms with Gasteiger partial charge in [-0.3, -0.25) is 4.57 Å². The third-order valence-electron chi connectivity index (χ3n) is 6.64. The molecule has 0 saturated carbocycles. The minimum atomic E-state index is -1.12. The highest BCUT2D eigenvalue weighted by Crippen LogP contribution is 2.36. The van der Waals surface area contributed by atoms with Crippen LogP contribution in [-0.2, 0) is 21.6 Å². The molecule has 0 aliphatic carbocycles. The predicted molar refractivity (Wildman–Crippen MR) is 142 cm³/mol. The van der Waals surface area contributed by atoms with Crippen molar-refractivity contribution in [3.63, 3.8) is 0 Å². The van der Waals surface area contributed by atoms with Crippen molar-refractivity contribution >= 4 is 24.9 Å². The lowest BCUT2D eigenvalue weighted by atomic mass is 9.84. The highest BCUT2D eigenvalue weighted by Gasteiger charge is 2.29. The summed E-state index contributed by atoms with van der Waals surface area (Å²) in [5.74, 6) is 1.66. The summed E-state index contributed by atoms with van der Waals surface area (Å²) in [7, 11) is -1.12. The first-order valence-corrected chi connectivity index (χ1v) is 16.1. The summed E-state index contributed by atoms with van der Waals surface area (Å²) in [6, 6.07) is 7.92. The Morgan fingerprint density at radius 3 is 2.74 bits per heavy atom. The minimum Gasteiger partial charge on any atom is -0.377 e. The molecule has 4 rings (SSSR count). The number of ether oxygens (including phenoxy) is 2. The molecule has 0 amide bonds. The number of nitriles is 1. The number of morpholine rings is 1. The van der Waals surface area contributed by atoms with Crippen molar-refractivity contribution in [2.75, 3.05) is 31.3 Å². The lowest BCUT2D eigenvalue weighted by Crippen LogP contribution is -2.44. The Morgan fingerprint density at radius 2 is 2.06 bits per heavy atom. The Morgan fingerprint density at radius 1 is 1.29 bits per heavy atom. The number of anilines is 1. The second-order valence-electron chi connectivity index (χ2n) is 11.3. The summed E-state index contributed by atoms with van der Waals surface area (Å²) in [5.41, 5.74) is 2.23. The van der Waals surface area contributed by atoms with Crippen LogP contribution in [0.15, 0.2) is 24.5 Å². The molecule has 1 aliphatic heterocycles. The van der Waals surface area contributed by atoms with Gasteiger partial charge in [0.25, 0.3) is 0 Å². The largest absolute Gasteiger partial charge is 0.377 e. The summed E-state index contributed by atoms with van der Waals surface area (Å²) in [5, 5.41) is 15.8. The van der Waals surface area contributed by atoms with Gasteiger partial charge in [0.2, 0.25) is 0 Å². The lowest BCUT2D eigenvalue weighted by Gasteiger charge is -2.35. The van der Waals surface area contributed by atoms with Crippen LogP contribution in [0.5, 0.6) is 0 Å². The van der Waals surface area contributed by atoms with Crippen LogP contribution in [-0.4, -0.2) is 59.8 Å². The summed E-state index contributed by atoms with van der Waals surface area (Å²) in [6.45, 7) is 18.5. The zero-order chi connectivity index (χ0) is 25.4. The molecular weight excluding hydrogens is 456 g/mol. The van der Waals surface area contributed by atoms with Crippen molar-refractivity contribution in [2.24, 2.45) is 0 Å². The lowest BCUT2D eigenvalue weighted by molar-refractivity contribution is 0.0785. The summed E-state index contributed by atoms with van der Waals surface area (Å²) < 4.78 is 15.4. The fraction of sp³-hybridized carbons (Fsp3) is 0.577. The van der Waals surface area contributed by atoms with Gasteiger partial charge in [-0.25, -0.2) is 9.67 Å². The molecule has 9 heteroatoms. The zero-order valence-electron chi connectivity index (χ0n) is 22.1. The minimum absolute atomic E-state index is 0.212. The van der Waals surface area contributed by atoms with Crippen LogP contribution in [0.25, 0.3) is 16.9 Å². The Bertz CT molecular complexity index is 1230. The maximum absolute atomic E-state index is 9.99. The molecule has 4 heterocycles. The molecule has 0 unspecified atom stereocenters. The number of rotatable bonds is 8. The van der Waals surface area contributed by atoms with Crippen molar-refractivity contribution in [3.8, 4) is 11.9 Å². The molecule has 188 valence electrons. The van der Waals surface area contributed by atoms with Gasteiger partial charge in [0.05, 0.1) is 30.7 Å². The molecule has 1 saturated heterocycles. The van der Waals surface area contributed by atoms with Gasteiger partial charge >= 0.3 is 0 Å². The normalized spacial score (nSPS) is 17.2. The molecule has 0 spiro atoms. The molecular formula is C26H38N6O2Si. The van der Waals surface area contributed by atoms with E-state index >= 15 is 0 Å². The average molecular weight is 495 g/mol. The molecule has 8 nitrogen and oxygen atoms in total. The first-order chi connectivity index (χ1) is 16.5. The Kier molecular flexibility index (Phi) is 7.09. The van der Waals surface area contributed by atoms with E-state index in [0.717, 1.165) is 53.0 Å². The van der Waals surface area contributed by atoms with Crippen LogP contribution in [0.1, 0.15) is 31.9 Å². The molecule has 0 aromatic carbocycles. The summed E-state index contributed by atoms with van der Waals surface area (Å²) in [4.78, 5) is 7.39. The van der Waals surface area contributed by atoms with Crippen LogP contribution >= 0.6 is 0 Å². The molecule has 0 radical (unpaired) electrons. The van der Waals surface area contributed by atoms with Crippen molar-refractivity contribution in [1.82, 2.24) is 19.3 Å². The molecule has 3 aromatic rings. The third kappa shape index (κ3) is 5.45. The van der Waals surface area contributed by atoms with Gasteiger partial charge in [-0.2, -0.15) is 10.4 Å². The zero-order valence-corrected chi connectivity index (χ0v) is 23.1. The average Bonchev–Trinajstić information content (AvgIpc) is 3.40. The van der Waals surface area contributed by atoms with E-state index in [-0.39, 0.29) is 6.04 Å².